The van der Waals surface area contributed by atoms with E-state index in [2.05, 4.69) is 31.9 Å². The predicted molar refractivity (Wildman–Crippen MR) is 90.8 cm³/mol. The second-order valence-electron chi connectivity index (χ2n) is 4.26. The van der Waals surface area contributed by atoms with Crippen molar-refractivity contribution in [2.24, 2.45) is 0 Å². The zero-order chi connectivity index (χ0) is 15.1. The van der Waals surface area contributed by atoms with Gasteiger partial charge in [0.05, 0.1) is 7.11 Å². The predicted octanol–water partition coefficient (Wildman–Crippen LogP) is 4.81. The van der Waals surface area contributed by atoms with Crippen LogP contribution in [0.5, 0.6) is 17.2 Å². The summed E-state index contributed by atoms with van der Waals surface area (Å²) in [5.74, 6) is 2.46. The summed E-state index contributed by atoms with van der Waals surface area (Å²) >= 11 is 6.94. The highest BCUT2D eigenvalue weighted by Gasteiger charge is 2.02. The molecule has 0 atom stereocenters. The van der Waals surface area contributed by atoms with Gasteiger partial charge in [-0.2, -0.15) is 0 Å². The summed E-state index contributed by atoms with van der Waals surface area (Å²) in [4.78, 5) is 0. The molecule has 0 bridgehead atoms. The Hall–Kier alpha value is -1.20. The summed E-state index contributed by atoms with van der Waals surface area (Å²) in [7, 11) is 1.64. The molecule has 0 saturated heterocycles. The van der Waals surface area contributed by atoms with Gasteiger partial charge in [-0.15, -0.1) is 0 Å². The Kier molecular flexibility index (Phi) is 6.39. The van der Waals surface area contributed by atoms with Gasteiger partial charge >= 0.3 is 0 Å². The van der Waals surface area contributed by atoms with E-state index < -0.39 is 0 Å². The largest absolute Gasteiger partial charge is 0.497 e. The molecule has 0 radical (unpaired) electrons. The van der Waals surface area contributed by atoms with Crippen LogP contribution in [0.2, 0.25) is 0 Å². The highest BCUT2D eigenvalue weighted by molar-refractivity contribution is 9.10. The quantitative estimate of drug-likeness (QED) is 0.479. The summed E-state index contributed by atoms with van der Waals surface area (Å²) in [6.07, 6.45) is 0. The molecule has 112 valence electrons. The van der Waals surface area contributed by atoms with E-state index in [1.807, 2.05) is 42.5 Å². The summed E-state index contributed by atoms with van der Waals surface area (Å²) in [5.41, 5.74) is 1.16. The van der Waals surface area contributed by atoms with Crippen molar-refractivity contribution in [1.82, 2.24) is 0 Å². The first-order chi connectivity index (χ1) is 10.2. The van der Waals surface area contributed by atoms with E-state index in [-0.39, 0.29) is 0 Å². The van der Waals surface area contributed by atoms with Crippen molar-refractivity contribution >= 4 is 31.9 Å². The molecule has 0 aromatic heterocycles. The Bertz CT molecular complexity index is 570. The average Bonchev–Trinajstić information content (AvgIpc) is 2.53. The lowest BCUT2D eigenvalue weighted by Crippen LogP contribution is -2.09. The normalized spacial score (nSPS) is 10.2. The molecule has 2 rings (SSSR count). The number of rotatable bonds is 7. The molecule has 0 N–H and O–H groups in total. The lowest BCUT2D eigenvalue weighted by Gasteiger charge is -2.10. The molecule has 0 spiro atoms. The van der Waals surface area contributed by atoms with E-state index in [1.165, 1.54) is 0 Å². The van der Waals surface area contributed by atoms with Gasteiger partial charge in [-0.1, -0.05) is 31.9 Å². The number of hydrogen-bond acceptors (Lipinski definition) is 3. The van der Waals surface area contributed by atoms with Crippen molar-refractivity contribution in [2.45, 2.75) is 5.33 Å². The molecule has 0 aliphatic heterocycles. The van der Waals surface area contributed by atoms with Gasteiger partial charge in [0, 0.05) is 9.80 Å². The Labute approximate surface area is 141 Å². The maximum atomic E-state index is 5.68. The third-order valence-electron chi connectivity index (χ3n) is 2.84. The number of hydrogen-bond donors (Lipinski definition) is 0. The first-order valence-corrected chi connectivity index (χ1v) is 8.38. The zero-order valence-electron chi connectivity index (χ0n) is 11.6. The maximum Gasteiger partial charge on any atom is 0.122 e. The van der Waals surface area contributed by atoms with Gasteiger partial charge in [0.2, 0.25) is 0 Å². The summed E-state index contributed by atoms with van der Waals surface area (Å²) in [6, 6.07) is 13.4. The monoisotopic (exact) mass is 414 g/mol. The van der Waals surface area contributed by atoms with Gasteiger partial charge < -0.3 is 14.2 Å². The van der Waals surface area contributed by atoms with Crippen LogP contribution >= 0.6 is 31.9 Å². The smallest absolute Gasteiger partial charge is 0.122 e. The maximum absolute atomic E-state index is 5.68. The molecule has 0 fully saturated rings. The van der Waals surface area contributed by atoms with Crippen molar-refractivity contribution in [1.29, 1.82) is 0 Å². The minimum Gasteiger partial charge on any atom is -0.497 e. The lowest BCUT2D eigenvalue weighted by molar-refractivity contribution is 0.217. The molecule has 0 amide bonds. The number of methoxy groups -OCH3 is 1. The highest BCUT2D eigenvalue weighted by atomic mass is 79.9. The van der Waals surface area contributed by atoms with E-state index >= 15 is 0 Å². The summed E-state index contributed by atoms with van der Waals surface area (Å²) in [6.45, 7) is 0.988. The standard InChI is InChI=1S/C16H16Br2O3/c1-19-13-2-4-14(5-3-13)20-8-9-21-15-6-7-16(18)12(10-15)11-17/h2-7,10H,8-9,11H2,1H3. The van der Waals surface area contributed by atoms with Crippen molar-refractivity contribution in [3.63, 3.8) is 0 Å². The van der Waals surface area contributed by atoms with Crippen molar-refractivity contribution < 1.29 is 14.2 Å². The van der Waals surface area contributed by atoms with Crippen LogP contribution in [0.4, 0.5) is 0 Å². The van der Waals surface area contributed by atoms with Crippen LogP contribution in [0, 0.1) is 0 Å². The molecule has 2 aromatic rings. The van der Waals surface area contributed by atoms with Crippen LogP contribution in [-0.4, -0.2) is 20.3 Å². The van der Waals surface area contributed by atoms with E-state index in [9.17, 15) is 0 Å². The minimum atomic E-state index is 0.492. The van der Waals surface area contributed by atoms with Crippen LogP contribution < -0.4 is 14.2 Å². The Morgan fingerprint density at radius 2 is 1.43 bits per heavy atom. The molecule has 21 heavy (non-hydrogen) atoms. The van der Waals surface area contributed by atoms with Crippen LogP contribution in [0.25, 0.3) is 0 Å². The summed E-state index contributed by atoms with van der Waals surface area (Å²) < 4.78 is 17.5. The molecule has 0 unspecified atom stereocenters. The molecule has 0 aliphatic carbocycles. The molecular weight excluding hydrogens is 400 g/mol. The number of alkyl halides is 1. The van der Waals surface area contributed by atoms with Gasteiger partial charge in [0.15, 0.2) is 0 Å². The fourth-order valence-electron chi connectivity index (χ4n) is 1.73. The number of ether oxygens (including phenoxy) is 3. The molecule has 5 heteroatoms. The summed E-state index contributed by atoms with van der Waals surface area (Å²) in [5, 5.41) is 0.785. The molecule has 0 aliphatic rings. The molecule has 3 nitrogen and oxygen atoms in total. The first kappa shape index (κ1) is 16.2. The van der Waals surface area contributed by atoms with Crippen LogP contribution in [-0.2, 0) is 5.33 Å². The SMILES string of the molecule is COc1ccc(OCCOc2ccc(Br)c(CBr)c2)cc1. The van der Waals surface area contributed by atoms with Crippen molar-refractivity contribution in [2.75, 3.05) is 20.3 Å². The van der Waals surface area contributed by atoms with Gasteiger partial charge in [0.1, 0.15) is 30.5 Å². The van der Waals surface area contributed by atoms with Gasteiger partial charge in [0.25, 0.3) is 0 Å². The molecule has 2 aromatic carbocycles. The van der Waals surface area contributed by atoms with Gasteiger partial charge in [-0.3, -0.25) is 0 Å². The average molecular weight is 416 g/mol. The van der Waals surface area contributed by atoms with E-state index in [0.717, 1.165) is 32.6 Å². The van der Waals surface area contributed by atoms with Gasteiger partial charge in [-0.25, -0.2) is 0 Å². The van der Waals surface area contributed by atoms with Crippen LogP contribution in [0.3, 0.4) is 0 Å². The number of benzene rings is 2. The Morgan fingerprint density at radius 1 is 0.857 bits per heavy atom. The van der Waals surface area contributed by atoms with Crippen molar-refractivity contribution in [3.8, 4) is 17.2 Å². The van der Waals surface area contributed by atoms with Crippen molar-refractivity contribution in [3.05, 3.63) is 52.5 Å². The van der Waals surface area contributed by atoms with Crippen LogP contribution in [0.15, 0.2) is 46.9 Å². The lowest BCUT2D eigenvalue weighted by atomic mass is 10.2. The van der Waals surface area contributed by atoms with Gasteiger partial charge in [-0.05, 0) is 48.0 Å². The van der Waals surface area contributed by atoms with E-state index in [4.69, 9.17) is 14.2 Å². The Morgan fingerprint density at radius 3 is 2.05 bits per heavy atom. The topological polar surface area (TPSA) is 27.7 Å². The molecular formula is C16H16Br2O3. The zero-order valence-corrected chi connectivity index (χ0v) is 14.8. The Balaban J connectivity index is 1.78. The third kappa shape index (κ3) is 4.93. The fourth-order valence-corrected chi connectivity index (χ4v) is 2.96. The fraction of sp³-hybridized carbons (Fsp3) is 0.250. The second kappa shape index (κ2) is 8.29. The molecule has 0 heterocycles. The van der Waals surface area contributed by atoms with Crippen LogP contribution in [0.1, 0.15) is 5.56 Å². The second-order valence-corrected chi connectivity index (χ2v) is 5.67. The molecule has 0 saturated carbocycles. The van der Waals surface area contributed by atoms with E-state index in [0.29, 0.717) is 13.2 Å². The number of halogens is 2. The minimum absolute atomic E-state index is 0.492. The third-order valence-corrected chi connectivity index (χ3v) is 4.22. The highest BCUT2D eigenvalue weighted by Crippen LogP contribution is 2.24. The first-order valence-electron chi connectivity index (χ1n) is 6.47. The van der Waals surface area contributed by atoms with E-state index in [1.54, 1.807) is 7.11 Å².